The molecule has 30 heavy (non-hydrogen) atoms. The van der Waals surface area contributed by atoms with E-state index in [2.05, 4.69) is 22.5 Å². The standard InChI is InChI=1S/C22H37N5O2S/c1-4-22(11-8-12-22)18-25-21(23-5-2)24-17-19-9-6-7-10-20(19)30(28,29)27-15-13-26(3)14-16-27/h6-7,9-10H,4-5,8,11-18H2,1-3H3,(H2,23,24,25). The van der Waals surface area contributed by atoms with Gasteiger partial charge in [0.05, 0.1) is 11.4 Å². The molecule has 0 bridgehead atoms. The molecule has 1 heterocycles. The van der Waals surface area contributed by atoms with Crippen LogP contribution in [0.2, 0.25) is 0 Å². The molecule has 2 fully saturated rings. The second-order valence-corrected chi connectivity index (χ2v) is 10.5. The summed E-state index contributed by atoms with van der Waals surface area (Å²) in [6.45, 7) is 8.88. The van der Waals surface area contributed by atoms with E-state index in [9.17, 15) is 8.42 Å². The number of rotatable bonds is 8. The Morgan fingerprint density at radius 1 is 1.10 bits per heavy atom. The predicted molar refractivity (Wildman–Crippen MR) is 122 cm³/mol. The van der Waals surface area contributed by atoms with Gasteiger partial charge in [-0.3, -0.25) is 0 Å². The molecule has 7 nitrogen and oxygen atoms in total. The molecule has 1 aliphatic carbocycles. The van der Waals surface area contributed by atoms with Crippen molar-refractivity contribution in [2.45, 2.75) is 51.0 Å². The fourth-order valence-corrected chi connectivity index (χ4v) is 5.80. The van der Waals surface area contributed by atoms with Crippen LogP contribution in [0.15, 0.2) is 34.2 Å². The highest BCUT2D eigenvalue weighted by atomic mass is 32.2. The number of nitrogens with one attached hydrogen (secondary N) is 2. The Balaban J connectivity index is 1.73. The van der Waals surface area contributed by atoms with Gasteiger partial charge in [-0.25, -0.2) is 13.4 Å². The molecule has 0 radical (unpaired) electrons. The van der Waals surface area contributed by atoms with Gasteiger partial charge in [0, 0.05) is 39.3 Å². The van der Waals surface area contributed by atoms with Crippen LogP contribution in [0.3, 0.4) is 0 Å². The number of piperazine rings is 1. The van der Waals surface area contributed by atoms with E-state index in [1.54, 1.807) is 16.4 Å². The summed E-state index contributed by atoms with van der Waals surface area (Å²) in [5, 5.41) is 6.78. The predicted octanol–water partition coefficient (Wildman–Crippen LogP) is 2.26. The molecule has 0 spiro atoms. The van der Waals surface area contributed by atoms with Crippen LogP contribution in [-0.4, -0.2) is 69.9 Å². The lowest BCUT2D eigenvalue weighted by molar-refractivity contribution is 0.131. The fourth-order valence-electron chi connectivity index (χ4n) is 4.16. The molecule has 1 aliphatic heterocycles. The number of nitrogens with zero attached hydrogens (tertiary/aromatic N) is 3. The van der Waals surface area contributed by atoms with E-state index in [1.807, 2.05) is 26.1 Å². The van der Waals surface area contributed by atoms with Gasteiger partial charge in [0.15, 0.2) is 5.96 Å². The van der Waals surface area contributed by atoms with Crippen molar-refractivity contribution in [3.63, 3.8) is 0 Å². The van der Waals surface area contributed by atoms with Gasteiger partial charge in [-0.1, -0.05) is 31.5 Å². The lowest BCUT2D eigenvalue weighted by Gasteiger charge is -2.41. The SMILES string of the molecule is CCNC(=NCc1ccccc1S(=O)(=O)N1CCN(C)CC1)NCC1(CC)CCC1. The number of sulfonamides is 1. The van der Waals surface area contributed by atoms with Crippen LogP contribution in [-0.2, 0) is 16.6 Å². The molecule has 1 saturated carbocycles. The number of guanidine groups is 1. The monoisotopic (exact) mass is 435 g/mol. The molecule has 8 heteroatoms. The Morgan fingerprint density at radius 2 is 1.80 bits per heavy atom. The van der Waals surface area contributed by atoms with E-state index in [1.165, 1.54) is 25.7 Å². The van der Waals surface area contributed by atoms with Crippen LogP contribution in [0.25, 0.3) is 0 Å². The topological polar surface area (TPSA) is 77.0 Å². The van der Waals surface area contributed by atoms with Crippen LogP contribution < -0.4 is 10.6 Å². The highest BCUT2D eigenvalue weighted by Crippen LogP contribution is 2.43. The van der Waals surface area contributed by atoms with Gasteiger partial charge in [0.1, 0.15) is 0 Å². The minimum Gasteiger partial charge on any atom is -0.357 e. The van der Waals surface area contributed by atoms with Gasteiger partial charge < -0.3 is 15.5 Å². The summed E-state index contributed by atoms with van der Waals surface area (Å²) in [5.41, 5.74) is 1.13. The molecule has 0 atom stereocenters. The summed E-state index contributed by atoms with van der Waals surface area (Å²) in [6.07, 6.45) is 5.01. The van der Waals surface area contributed by atoms with Crippen LogP contribution in [0.4, 0.5) is 0 Å². The van der Waals surface area contributed by atoms with E-state index in [0.29, 0.717) is 29.9 Å². The average Bonchev–Trinajstić information content (AvgIpc) is 2.72. The van der Waals surface area contributed by atoms with Crippen molar-refractivity contribution in [2.24, 2.45) is 10.4 Å². The second kappa shape index (κ2) is 10.1. The number of hydrogen-bond donors (Lipinski definition) is 2. The number of hydrogen-bond acceptors (Lipinski definition) is 4. The van der Waals surface area contributed by atoms with Crippen molar-refractivity contribution in [1.82, 2.24) is 19.8 Å². The zero-order valence-corrected chi connectivity index (χ0v) is 19.5. The minimum atomic E-state index is -3.51. The molecule has 0 aromatic heterocycles. The minimum absolute atomic E-state index is 0.331. The largest absolute Gasteiger partial charge is 0.357 e. The molecule has 2 N–H and O–H groups in total. The Kier molecular flexibility index (Phi) is 7.76. The maximum atomic E-state index is 13.3. The Hall–Kier alpha value is -1.64. The molecule has 168 valence electrons. The number of likely N-dealkylation sites (N-methyl/N-ethyl adjacent to an activating group) is 1. The highest BCUT2D eigenvalue weighted by molar-refractivity contribution is 7.89. The molecule has 1 aromatic rings. The first-order chi connectivity index (χ1) is 14.4. The van der Waals surface area contributed by atoms with E-state index in [4.69, 9.17) is 4.99 Å². The van der Waals surface area contributed by atoms with Crippen molar-refractivity contribution < 1.29 is 8.42 Å². The third kappa shape index (κ3) is 5.34. The molecule has 3 rings (SSSR count). The third-order valence-corrected chi connectivity index (χ3v) is 8.60. The highest BCUT2D eigenvalue weighted by Gasteiger charge is 2.35. The number of benzene rings is 1. The normalized spacial score (nSPS) is 20.6. The van der Waals surface area contributed by atoms with E-state index in [-0.39, 0.29) is 0 Å². The lowest BCUT2D eigenvalue weighted by atomic mass is 9.67. The quantitative estimate of drug-likeness (QED) is 0.484. The average molecular weight is 436 g/mol. The molecular weight excluding hydrogens is 398 g/mol. The van der Waals surface area contributed by atoms with Gasteiger partial charge in [-0.2, -0.15) is 4.31 Å². The molecule has 1 saturated heterocycles. The summed E-state index contributed by atoms with van der Waals surface area (Å²) >= 11 is 0. The summed E-state index contributed by atoms with van der Waals surface area (Å²) < 4.78 is 28.1. The zero-order valence-electron chi connectivity index (χ0n) is 18.7. The second-order valence-electron chi connectivity index (χ2n) is 8.57. The van der Waals surface area contributed by atoms with Crippen molar-refractivity contribution >= 4 is 16.0 Å². The van der Waals surface area contributed by atoms with Crippen LogP contribution in [0.1, 0.15) is 45.1 Å². The van der Waals surface area contributed by atoms with Crippen LogP contribution in [0.5, 0.6) is 0 Å². The van der Waals surface area contributed by atoms with E-state index in [0.717, 1.165) is 37.7 Å². The first-order valence-corrected chi connectivity index (χ1v) is 12.6. The summed E-state index contributed by atoms with van der Waals surface area (Å²) in [5.74, 6) is 0.754. The Morgan fingerprint density at radius 3 is 2.40 bits per heavy atom. The molecule has 1 aromatic carbocycles. The molecule has 0 unspecified atom stereocenters. The maximum Gasteiger partial charge on any atom is 0.243 e. The van der Waals surface area contributed by atoms with Crippen molar-refractivity contribution in [3.8, 4) is 0 Å². The van der Waals surface area contributed by atoms with Gasteiger partial charge in [0.2, 0.25) is 10.0 Å². The van der Waals surface area contributed by atoms with Gasteiger partial charge in [-0.05, 0) is 50.3 Å². The molecule has 2 aliphatic rings. The van der Waals surface area contributed by atoms with Gasteiger partial charge in [-0.15, -0.1) is 0 Å². The Labute approximate surface area is 182 Å². The first-order valence-electron chi connectivity index (χ1n) is 11.2. The zero-order chi connectivity index (χ0) is 21.6. The van der Waals surface area contributed by atoms with E-state index >= 15 is 0 Å². The van der Waals surface area contributed by atoms with Crippen molar-refractivity contribution in [1.29, 1.82) is 0 Å². The lowest BCUT2D eigenvalue weighted by Crippen LogP contribution is -2.47. The third-order valence-electron chi connectivity index (χ3n) is 6.60. The molecular formula is C22H37N5O2S. The van der Waals surface area contributed by atoms with Gasteiger partial charge >= 0.3 is 0 Å². The fraction of sp³-hybridized carbons (Fsp3) is 0.682. The van der Waals surface area contributed by atoms with Crippen LogP contribution in [0, 0.1) is 5.41 Å². The summed E-state index contributed by atoms with van der Waals surface area (Å²) in [7, 11) is -1.49. The molecule has 0 amide bonds. The first kappa shape index (κ1) is 23.0. The number of aliphatic imine (C=N–C) groups is 1. The summed E-state index contributed by atoms with van der Waals surface area (Å²) in [4.78, 5) is 7.24. The maximum absolute atomic E-state index is 13.3. The van der Waals surface area contributed by atoms with Crippen molar-refractivity contribution in [2.75, 3.05) is 46.3 Å². The van der Waals surface area contributed by atoms with Crippen molar-refractivity contribution in [3.05, 3.63) is 29.8 Å². The summed E-state index contributed by atoms with van der Waals surface area (Å²) in [6, 6.07) is 7.25. The smallest absolute Gasteiger partial charge is 0.243 e. The van der Waals surface area contributed by atoms with Gasteiger partial charge in [0.25, 0.3) is 0 Å². The van der Waals surface area contributed by atoms with Crippen LogP contribution >= 0.6 is 0 Å². The Bertz CT molecular complexity index is 822. The van der Waals surface area contributed by atoms with E-state index < -0.39 is 10.0 Å².